The Morgan fingerprint density at radius 1 is 0.875 bits per heavy atom. The van der Waals surface area contributed by atoms with Gasteiger partial charge in [0, 0.05) is 5.69 Å². The van der Waals surface area contributed by atoms with E-state index in [0.29, 0.717) is 12.3 Å². The third kappa shape index (κ3) is 3.92. The van der Waals surface area contributed by atoms with E-state index in [1.54, 1.807) is 0 Å². The summed E-state index contributed by atoms with van der Waals surface area (Å²) in [5, 5.41) is 10.5. The molecule has 24 heavy (non-hydrogen) atoms. The summed E-state index contributed by atoms with van der Waals surface area (Å²) in [6.45, 7) is 0.0227. The van der Waals surface area contributed by atoms with E-state index in [1.807, 2.05) is 30.3 Å². The molecule has 0 saturated heterocycles. The minimum Gasteiger partial charge on any atom is -0.423 e. The molecule has 4 nitrogen and oxygen atoms in total. The zero-order valence-corrected chi connectivity index (χ0v) is 12.5. The van der Waals surface area contributed by atoms with Crippen molar-refractivity contribution in [1.29, 1.82) is 0 Å². The van der Waals surface area contributed by atoms with E-state index in [9.17, 15) is 13.2 Å². The van der Waals surface area contributed by atoms with Gasteiger partial charge in [0.05, 0.1) is 18.5 Å². The van der Waals surface area contributed by atoms with Crippen molar-refractivity contribution in [2.24, 2.45) is 0 Å². The number of nitrogens with one attached hydrogen (secondary N) is 1. The molecule has 1 heterocycles. The third-order valence-electron chi connectivity index (χ3n) is 3.37. The van der Waals surface area contributed by atoms with Crippen LogP contribution in [0.4, 0.5) is 18.9 Å². The molecule has 0 aliphatic carbocycles. The number of benzene rings is 2. The molecule has 0 atom stereocenters. The number of aromatic nitrogens is 2. The number of nitrogens with zero attached hydrogens (tertiary/aromatic N) is 2. The van der Waals surface area contributed by atoms with Crippen molar-refractivity contribution >= 4 is 5.69 Å². The van der Waals surface area contributed by atoms with E-state index < -0.39 is 11.7 Å². The van der Waals surface area contributed by atoms with Crippen LogP contribution in [-0.2, 0) is 19.1 Å². The topological polar surface area (TPSA) is 51.0 Å². The van der Waals surface area contributed by atoms with Crippen LogP contribution in [0.25, 0.3) is 0 Å². The van der Waals surface area contributed by atoms with Gasteiger partial charge in [0.15, 0.2) is 0 Å². The number of para-hydroxylation sites is 1. The lowest BCUT2D eigenvalue weighted by Gasteiger charge is -2.13. The summed E-state index contributed by atoms with van der Waals surface area (Å²) in [7, 11) is 0. The molecule has 124 valence electrons. The number of anilines is 1. The summed E-state index contributed by atoms with van der Waals surface area (Å²) >= 11 is 0. The fraction of sp³-hybridized carbons (Fsp3) is 0.176. The molecule has 7 heteroatoms. The lowest BCUT2D eigenvalue weighted by molar-refractivity contribution is -0.137. The molecule has 0 radical (unpaired) electrons. The van der Waals surface area contributed by atoms with E-state index >= 15 is 0 Å². The third-order valence-corrected chi connectivity index (χ3v) is 3.37. The van der Waals surface area contributed by atoms with Crippen LogP contribution < -0.4 is 5.32 Å². The molecule has 3 rings (SSSR count). The van der Waals surface area contributed by atoms with E-state index in [-0.39, 0.29) is 18.1 Å². The van der Waals surface area contributed by atoms with Gasteiger partial charge in [0.1, 0.15) is 0 Å². The smallest absolute Gasteiger partial charge is 0.418 e. The standard InChI is InChI=1S/C17H14F3N3O/c18-17(19,20)13-8-4-5-9-14(13)21-11-16-23-22-15(24-16)10-12-6-2-1-3-7-12/h1-9,21H,10-11H2. The first-order chi connectivity index (χ1) is 11.5. The second kappa shape index (κ2) is 6.74. The highest BCUT2D eigenvalue weighted by Gasteiger charge is 2.33. The quantitative estimate of drug-likeness (QED) is 0.757. The highest BCUT2D eigenvalue weighted by Crippen LogP contribution is 2.34. The Balaban J connectivity index is 1.66. The van der Waals surface area contributed by atoms with Crippen LogP contribution in [0.15, 0.2) is 59.0 Å². The molecule has 0 bridgehead atoms. The second-order valence-electron chi connectivity index (χ2n) is 5.15. The SMILES string of the molecule is FC(F)(F)c1ccccc1NCc1nnc(Cc2ccccc2)o1. The fourth-order valence-electron chi connectivity index (χ4n) is 2.26. The van der Waals surface area contributed by atoms with Gasteiger partial charge in [-0.05, 0) is 17.7 Å². The van der Waals surface area contributed by atoms with Crippen LogP contribution in [-0.4, -0.2) is 10.2 Å². The van der Waals surface area contributed by atoms with Crippen molar-refractivity contribution < 1.29 is 17.6 Å². The molecular weight excluding hydrogens is 319 g/mol. The van der Waals surface area contributed by atoms with Crippen molar-refractivity contribution in [2.75, 3.05) is 5.32 Å². The highest BCUT2D eigenvalue weighted by molar-refractivity contribution is 5.52. The molecule has 0 saturated carbocycles. The Labute approximate surface area is 136 Å². The van der Waals surface area contributed by atoms with Gasteiger partial charge in [-0.25, -0.2) is 0 Å². The number of hydrogen-bond donors (Lipinski definition) is 1. The predicted molar refractivity (Wildman–Crippen MR) is 82.3 cm³/mol. The number of halogens is 3. The summed E-state index contributed by atoms with van der Waals surface area (Å²) in [4.78, 5) is 0. The van der Waals surface area contributed by atoms with Crippen molar-refractivity contribution in [3.63, 3.8) is 0 Å². The van der Waals surface area contributed by atoms with Crippen LogP contribution in [0.3, 0.4) is 0 Å². The first-order valence-electron chi connectivity index (χ1n) is 7.27. The maximum Gasteiger partial charge on any atom is 0.418 e. The highest BCUT2D eigenvalue weighted by atomic mass is 19.4. The first kappa shape index (κ1) is 16.0. The average molecular weight is 333 g/mol. The zero-order chi connectivity index (χ0) is 17.0. The molecule has 0 amide bonds. The Bertz CT molecular complexity index is 800. The Morgan fingerprint density at radius 3 is 2.29 bits per heavy atom. The zero-order valence-electron chi connectivity index (χ0n) is 12.5. The largest absolute Gasteiger partial charge is 0.423 e. The van der Waals surface area contributed by atoms with Crippen molar-refractivity contribution in [3.8, 4) is 0 Å². The second-order valence-corrected chi connectivity index (χ2v) is 5.15. The van der Waals surface area contributed by atoms with Gasteiger partial charge in [-0.2, -0.15) is 13.2 Å². The predicted octanol–water partition coefficient (Wildman–Crippen LogP) is 4.29. The molecule has 2 aromatic carbocycles. The van der Waals surface area contributed by atoms with Gasteiger partial charge in [0.25, 0.3) is 0 Å². The van der Waals surface area contributed by atoms with Gasteiger partial charge in [-0.3, -0.25) is 0 Å². The first-order valence-corrected chi connectivity index (χ1v) is 7.27. The van der Waals surface area contributed by atoms with Crippen LogP contribution in [0.1, 0.15) is 22.9 Å². The molecule has 0 spiro atoms. The normalized spacial score (nSPS) is 11.5. The van der Waals surface area contributed by atoms with E-state index in [0.717, 1.165) is 11.6 Å². The number of hydrogen-bond acceptors (Lipinski definition) is 4. The van der Waals surface area contributed by atoms with Gasteiger partial charge in [-0.1, -0.05) is 42.5 Å². The minimum absolute atomic E-state index is 0.0205. The van der Waals surface area contributed by atoms with Crippen molar-refractivity contribution in [3.05, 3.63) is 77.5 Å². The molecule has 1 N–H and O–H groups in total. The fourth-order valence-corrected chi connectivity index (χ4v) is 2.26. The molecule has 3 aromatic rings. The Hall–Kier alpha value is -2.83. The Morgan fingerprint density at radius 2 is 1.54 bits per heavy atom. The molecule has 0 aliphatic rings. The van der Waals surface area contributed by atoms with Crippen molar-refractivity contribution in [1.82, 2.24) is 10.2 Å². The van der Waals surface area contributed by atoms with Crippen LogP contribution in [0.5, 0.6) is 0 Å². The van der Waals surface area contributed by atoms with Crippen LogP contribution in [0.2, 0.25) is 0 Å². The summed E-state index contributed by atoms with van der Waals surface area (Å²) in [5.74, 6) is 0.653. The maximum atomic E-state index is 12.9. The number of alkyl halides is 3. The molecular formula is C17H14F3N3O. The van der Waals surface area contributed by atoms with Gasteiger partial charge in [-0.15, -0.1) is 10.2 Å². The summed E-state index contributed by atoms with van der Waals surface area (Å²) in [6.07, 6.45) is -3.94. The van der Waals surface area contributed by atoms with E-state index in [2.05, 4.69) is 15.5 Å². The Kier molecular flexibility index (Phi) is 4.50. The van der Waals surface area contributed by atoms with Gasteiger partial charge in [0.2, 0.25) is 11.8 Å². The summed E-state index contributed by atoms with van der Waals surface area (Å²) in [5.41, 5.74) is 0.268. The van der Waals surface area contributed by atoms with E-state index in [1.165, 1.54) is 18.2 Å². The van der Waals surface area contributed by atoms with Crippen LogP contribution >= 0.6 is 0 Å². The van der Waals surface area contributed by atoms with Gasteiger partial charge < -0.3 is 9.73 Å². The monoisotopic (exact) mass is 333 g/mol. The molecule has 0 unspecified atom stereocenters. The maximum absolute atomic E-state index is 12.9. The molecule has 0 aliphatic heterocycles. The molecule has 1 aromatic heterocycles. The lowest BCUT2D eigenvalue weighted by atomic mass is 10.1. The minimum atomic E-state index is -4.42. The summed E-state index contributed by atoms with van der Waals surface area (Å²) in [6, 6.07) is 14.9. The van der Waals surface area contributed by atoms with E-state index in [4.69, 9.17) is 4.42 Å². The van der Waals surface area contributed by atoms with Gasteiger partial charge >= 0.3 is 6.18 Å². The number of rotatable bonds is 5. The molecule has 0 fully saturated rings. The summed E-state index contributed by atoms with van der Waals surface area (Å²) < 4.78 is 44.3. The average Bonchev–Trinajstić information content (AvgIpc) is 3.01. The van der Waals surface area contributed by atoms with Crippen LogP contribution in [0, 0.1) is 0 Å². The van der Waals surface area contributed by atoms with Crippen molar-refractivity contribution in [2.45, 2.75) is 19.1 Å². The lowest BCUT2D eigenvalue weighted by Crippen LogP contribution is -2.10.